The number of halogens is 3. The van der Waals surface area contributed by atoms with E-state index in [-0.39, 0.29) is 53.7 Å². The molecule has 0 spiro atoms. The van der Waals surface area contributed by atoms with Crippen LogP contribution in [0.25, 0.3) is 22.0 Å². The SMILES string of the molecule is CC(=O)c1nn(CC(=O)N2C[C@H]3C[C@H]3[C@H]2C(=O)Cc2ccn(CC(F)(F)F)n2)c2ccc(-c3cnc(C)nc3)cc12. The zero-order valence-electron chi connectivity index (χ0n) is 22.3. The minimum atomic E-state index is -4.42. The summed E-state index contributed by atoms with van der Waals surface area (Å²) in [6.07, 6.45) is 0.836. The molecule has 2 fully saturated rings. The number of alkyl halides is 3. The van der Waals surface area contributed by atoms with E-state index in [2.05, 4.69) is 20.2 Å². The Kier molecular flexibility index (Phi) is 6.46. The average molecular weight is 566 g/mol. The highest BCUT2D eigenvalue weighted by molar-refractivity contribution is 6.06. The maximum absolute atomic E-state index is 13.5. The van der Waals surface area contributed by atoms with Gasteiger partial charge in [0, 0.05) is 43.0 Å². The Morgan fingerprint density at radius 2 is 1.80 bits per heavy atom. The summed E-state index contributed by atoms with van der Waals surface area (Å²) < 4.78 is 40.3. The van der Waals surface area contributed by atoms with Gasteiger partial charge in [-0.25, -0.2) is 9.97 Å². The molecule has 3 atom stereocenters. The third-order valence-corrected chi connectivity index (χ3v) is 7.68. The minimum absolute atomic E-state index is 0.0325. The fourth-order valence-electron chi connectivity index (χ4n) is 5.69. The number of aromatic nitrogens is 6. The highest BCUT2D eigenvalue weighted by Crippen LogP contribution is 2.50. The topological polar surface area (TPSA) is 116 Å². The Labute approximate surface area is 232 Å². The minimum Gasteiger partial charge on any atom is -0.330 e. The first-order valence-electron chi connectivity index (χ1n) is 13.2. The van der Waals surface area contributed by atoms with E-state index in [9.17, 15) is 27.6 Å². The van der Waals surface area contributed by atoms with Gasteiger partial charge in [0.1, 0.15) is 24.6 Å². The molecule has 1 aliphatic carbocycles. The van der Waals surface area contributed by atoms with Gasteiger partial charge in [0.2, 0.25) is 5.91 Å². The second kappa shape index (κ2) is 9.89. The maximum Gasteiger partial charge on any atom is 0.408 e. The molecule has 0 N–H and O–H groups in total. The molecule has 0 unspecified atom stereocenters. The number of ketones is 2. The van der Waals surface area contributed by atoms with E-state index in [1.807, 2.05) is 12.1 Å². The largest absolute Gasteiger partial charge is 0.408 e. The Hall–Kier alpha value is -4.42. The molecule has 41 heavy (non-hydrogen) atoms. The first-order chi connectivity index (χ1) is 19.5. The lowest BCUT2D eigenvalue weighted by molar-refractivity contribution is -0.142. The van der Waals surface area contributed by atoms with E-state index in [0.717, 1.165) is 22.2 Å². The van der Waals surface area contributed by atoms with Crippen LogP contribution in [0.4, 0.5) is 13.2 Å². The van der Waals surface area contributed by atoms with Crippen molar-refractivity contribution in [1.82, 2.24) is 34.4 Å². The molecule has 1 saturated carbocycles. The number of nitrogens with zero attached hydrogens (tertiary/aromatic N) is 7. The lowest BCUT2D eigenvalue weighted by Crippen LogP contribution is -2.45. The van der Waals surface area contributed by atoms with E-state index in [0.29, 0.717) is 23.3 Å². The smallest absolute Gasteiger partial charge is 0.330 e. The number of fused-ring (bicyclic) bond motifs is 2. The van der Waals surface area contributed by atoms with Crippen molar-refractivity contribution in [3.05, 3.63) is 60.1 Å². The molecule has 2 aliphatic rings. The van der Waals surface area contributed by atoms with Crippen LogP contribution in [0.2, 0.25) is 0 Å². The number of hydrogen-bond donors (Lipinski definition) is 0. The molecule has 0 bridgehead atoms. The molecule has 4 heterocycles. The molecule has 3 aromatic heterocycles. The van der Waals surface area contributed by atoms with Gasteiger partial charge < -0.3 is 4.90 Å². The number of benzene rings is 1. The molecule has 13 heteroatoms. The van der Waals surface area contributed by atoms with Crippen LogP contribution in [0.1, 0.15) is 35.4 Å². The van der Waals surface area contributed by atoms with Crippen molar-refractivity contribution >= 4 is 28.4 Å². The summed E-state index contributed by atoms with van der Waals surface area (Å²) in [5.74, 6) is 0.0771. The fraction of sp³-hybridized carbons (Fsp3) is 0.393. The summed E-state index contributed by atoms with van der Waals surface area (Å²) in [4.78, 5) is 49.2. The molecule has 4 aromatic rings. The van der Waals surface area contributed by atoms with Crippen LogP contribution in [0.5, 0.6) is 0 Å². The first kappa shape index (κ1) is 26.8. The molecule has 1 amide bonds. The number of piperidine rings is 1. The van der Waals surface area contributed by atoms with Crippen LogP contribution in [-0.2, 0) is 29.1 Å². The van der Waals surface area contributed by atoms with Gasteiger partial charge in [0.05, 0.1) is 23.7 Å². The van der Waals surface area contributed by atoms with Crippen LogP contribution in [0, 0.1) is 18.8 Å². The summed E-state index contributed by atoms with van der Waals surface area (Å²) in [6.45, 7) is 2.23. The monoisotopic (exact) mass is 565 g/mol. The summed E-state index contributed by atoms with van der Waals surface area (Å²) in [5, 5.41) is 8.93. The van der Waals surface area contributed by atoms with Gasteiger partial charge in [-0.05, 0) is 48.9 Å². The summed E-state index contributed by atoms with van der Waals surface area (Å²) in [7, 11) is 0. The molecule has 10 nitrogen and oxygen atoms in total. The van der Waals surface area contributed by atoms with Crippen LogP contribution in [0.3, 0.4) is 0 Å². The van der Waals surface area contributed by atoms with Gasteiger partial charge in [-0.15, -0.1) is 0 Å². The number of likely N-dealkylation sites (tertiary alicyclic amines) is 1. The van der Waals surface area contributed by atoms with Gasteiger partial charge in [-0.1, -0.05) is 6.07 Å². The molecule has 6 rings (SSSR count). The van der Waals surface area contributed by atoms with E-state index in [4.69, 9.17) is 0 Å². The molecule has 0 radical (unpaired) electrons. The van der Waals surface area contributed by atoms with Crippen molar-refractivity contribution in [2.45, 2.75) is 52.0 Å². The second-order valence-corrected chi connectivity index (χ2v) is 10.7. The number of carbonyl (C=O) groups excluding carboxylic acids is 3. The normalized spacial score (nSPS) is 19.9. The Morgan fingerprint density at radius 3 is 2.51 bits per heavy atom. The predicted octanol–water partition coefficient (Wildman–Crippen LogP) is 3.42. The average Bonchev–Trinajstić information content (AvgIpc) is 3.20. The Morgan fingerprint density at radius 1 is 1.05 bits per heavy atom. The van der Waals surface area contributed by atoms with Crippen LogP contribution < -0.4 is 0 Å². The zero-order chi connectivity index (χ0) is 29.1. The highest BCUT2D eigenvalue weighted by Gasteiger charge is 2.56. The van der Waals surface area contributed by atoms with E-state index < -0.39 is 18.8 Å². The predicted molar refractivity (Wildman–Crippen MR) is 140 cm³/mol. The van der Waals surface area contributed by atoms with Crippen molar-refractivity contribution in [3.8, 4) is 11.1 Å². The quantitative estimate of drug-likeness (QED) is 0.301. The third-order valence-electron chi connectivity index (χ3n) is 7.68. The summed E-state index contributed by atoms with van der Waals surface area (Å²) in [5.41, 5.74) is 2.64. The number of hydrogen-bond acceptors (Lipinski definition) is 7. The Bertz CT molecular complexity index is 1680. The molecule has 1 aliphatic heterocycles. The maximum atomic E-state index is 13.5. The highest BCUT2D eigenvalue weighted by atomic mass is 19.4. The van der Waals surface area contributed by atoms with Crippen molar-refractivity contribution in [2.75, 3.05) is 6.54 Å². The van der Waals surface area contributed by atoms with Gasteiger partial charge >= 0.3 is 6.18 Å². The summed E-state index contributed by atoms with van der Waals surface area (Å²) >= 11 is 0. The van der Waals surface area contributed by atoms with Gasteiger partial charge in [0.25, 0.3) is 0 Å². The fourth-order valence-corrected chi connectivity index (χ4v) is 5.69. The van der Waals surface area contributed by atoms with Gasteiger partial charge in [-0.2, -0.15) is 23.4 Å². The number of rotatable bonds is 8. The zero-order valence-corrected chi connectivity index (χ0v) is 22.3. The van der Waals surface area contributed by atoms with Crippen molar-refractivity contribution < 1.29 is 27.6 Å². The standard InChI is InChI=1S/C28H26F3N7O3/c1-15(39)26-22-7-17(19-10-32-16(2)33-11-19)3-4-23(22)38(35-26)13-25(41)37-12-18-8-21(18)27(37)24(40)9-20-5-6-36(34-20)14-28(29,30)31/h3-7,10-11,18,21,27H,8-9,12-14H2,1-2H3/t18-,21-,27+/m1/s1. The van der Waals surface area contributed by atoms with E-state index in [1.54, 1.807) is 30.3 Å². The number of carbonyl (C=O) groups is 3. The molecule has 1 saturated heterocycles. The van der Waals surface area contributed by atoms with Crippen molar-refractivity contribution in [2.24, 2.45) is 11.8 Å². The van der Waals surface area contributed by atoms with Crippen LogP contribution in [0.15, 0.2) is 42.9 Å². The number of aryl methyl sites for hydroxylation is 1. The molecular formula is C28H26F3N7O3. The molecular weight excluding hydrogens is 539 g/mol. The van der Waals surface area contributed by atoms with Crippen molar-refractivity contribution in [1.29, 1.82) is 0 Å². The lowest BCUT2D eigenvalue weighted by Gasteiger charge is -2.26. The van der Waals surface area contributed by atoms with Crippen molar-refractivity contribution in [3.63, 3.8) is 0 Å². The molecule has 212 valence electrons. The summed E-state index contributed by atoms with van der Waals surface area (Å²) in [6, 6.07) is 6.19. The number of Topliss-reactive ketones (excluding diaryl/α,β-unsaturated/α-hetero) is 2. The lowest BCUT2D eigenvalue weighted by atomic mass is 10.0. The van der Waals surface area contributed by atoms with E-state index >= 15 is 0 Å². The van der Waals surface area contributed by atoms with Gasteiger partial charge in [-0.3, -0.25) is 23.7 Å². The third kappa shape index (κ3) is 5.35. The van der Waals surface area contributed by atoms with Gasteiger partial charge in [0.15, 0.2) is 11.6 Å². The van der Waals surface area contributed by atoms with E-state index in [1.165, 1.54) is 23.9 Å². The number of amides is 1. The molecule has 1 aromatic carbocycles. The van der Waals surface area contributed by atoms with Crippen LogP contribution in [-0.4, -0.2) is 70.7 Å². The first-order valence-corrected chi connectivity index (χ1v) is 13.2. The van der Waals surface area contributed by atoms with Crippen LogP contribution >= 0.6 is 0 Å². The second-order valence-electron chi connectivity index (χ2n) is 10.7. The Balaban J connectivity index is 1.22.